The first-order valence-corrected chi connectivity index (χ1v) is 4.74. The van der Waals surface area contributed by atoms with Gasteiger partial charge in [0.2, 0.25) is 11.8 Å². The molecular formula is C10H11N3O4. The van der Waals surface area contributed by atoms with Crippen LogP contribution in [-0.4, -0.2) is 16.7 Å². The normalized spacial score (nSPS) is 9.53. The number of hydrogen-bond acceptors (Lipinski definition) is 4. The van der Waals surface area contributed by atoms with E-state index < -0.39 is 16.7 Å². The topological polar surface area (TPSA) is 92.6 Å². The molecule has 1 aromatic rings. The molecule has 1 N–H and O–H groups in total. The van der Waals surface area contributed by atoms with Crippen LogP contribution in [0.2, 0.25) is 0 Å². The number of nitrogens with zero attached hydrogens (tertiary/aromatic N) is 2. The van der Waals surface area contributed by atoms with Crippen LogP contribution in [-0.2, 0) is 9.59 Å². The van der Waals surface area contributed by atoms with Gasteiger partial charge in [0.15, 0.2) is 0 Å². The second kappa shape index (κ2) is 5.06. The Morgan fingerprint density at radius 1 is 1.24 bits per heavy atom. The molecule has 0 saturated heterocycles. The molecular weight excluding hydrogens is 226 g/mol. The summed E-state index contributed by atoms with van der Waals surface area (Å²) in [6.45, 7) is 2.54. The van der Waals surface area contributed by atoms with Gasteiger partial charge in [-0.2, -0.15) is 0 Å². The van der Waals surface area contributed by atoms with Crippen molar-refractivity contribution in [2.24, 2.45) is 0 Å². The highest BCUT2D eigenvalue weighted by Crippen LogP contribution is 2.18. The summed E-state index contributed by atoms with van der Waals surface area (Å²) < 4.78 is 0. The molecule has 0 aromatic heterocycles. The number of rotatable bonds is 2. The van der Waals surface area contributed by atoms with Crippen LogP contribution >= 0.6 is 0 Å². The lowest BCUT2D eigenvalue weighted by Gasteiger charge is -2.20. The summed E-state index contributed by atoms with van der Waals surface area (Å²) in [6.07, 6.45) is 0. The Bertz CT molecular complexity index is 455. The van der Waals surface area contributed by atoms with Crippen LogP contribution in [0.1, 0.15) is 13.8 Å². The Kier molecular flexibility index (Phi) is 3.76. The number of anilines is 1. The zero-order chi connectivity index (χ0) is 13.0. The molecule has 17 heavy (non-hydrogen) atoms. The number of carbonyl (C=O) groups is 2. The first kappa shape index (κ1) is 12.6. The lowest BCUT2D eigenvalue weighted by Crippen LogP contribution is -2.44. The first-order valence-electron chi connectivity index (χ1n) is 4.74. The first-order chi connectivity index (χ1) is 7.91. The third kappa shape index (κ3) is 3.26. The van der Waals surface area contributed by atoms with Crippen LogP contribution in [0.5, 0.6) is 0 Å². The van der Waals surface area contributed by atoms with E-state index in [1.54, 1.807) is 0 Å². The van der Waals surface area contributed by atoms with Crippen LogP contribution in [0.4, 0.5) is 11.4 Å². The van der Waals surface area contributed by atoms with E-state index in [0.29, 0.717) is 5.69 Å². The van der Waals surface area contributed by atoms with Gasteiger partial charge in [-0.3, -0.25) is 25.1 Å². The number of amides is 2. The van der Waals surface area contributed by atoms with Crippen molar-refractivity contribution < 1.29 is 14.5 Å². The standard InChI is InChI=1S/C10H11N3O4/c1-7(14)11-12(8(2)15)9-3-5-10(6-4-9)13(16)17/h3-6H,1-2H3,(H,11,14). The zero-order valence-electron chi connectivity index (χ0n) is 9.34. The van der Waals surface area contributed by atoms with Gasteiger partial charge in [-0.05, 0) is 12.1 Å². The van der Waals surface area contributed by atoms with E-state index in [1.165, 1.54) is 38.1 Å². The molecule has 0 aliphatic carbocycles. The minimum Gasteiger partial charge on any atom is -0.274 e. The van der Waals surface area contributed by atoms with Gasteiger partial charge in [0.1, 0.15) is 0 Å². The maximum Gasteiger partial charge on any atom is 0.269 e. The fraction of sp³-hybridized carbons (Fsp3) is 0.200. The summed E-state index contributed by atoms with van der Waals surface area (Å²) in [5.41, 5.74) is 2.60. The second-order valence-corrected chi connectivity index (χ2v) is 3.30. The summed E-state index contributed by atoms with van der Waals surface area (Å²) >= 11 is 0. The molecule has 0 fully saturated rings. The predicted molar refractivity (Wildman–Crippen MR) is 60.1 cm³/mol. The molecule has 0 bridgehead atoms. The number of nitro groups is 1. The molecule has 0 saturated carbocycles. The van der Waals surface area contributed by atoms with Gasteiger partial charge < -0.3 is 0 Å². The molecule has 0 spiro atoms. The Labute approximate surface area is 97.1 Å². The van der Waals surface area contributed by atoms with Crippen molar-refractivity contribution in [2.45, 2.75) is 13.8 Å². The van der Waals surface area contributed by atoms with Crippen LogP contribution in [0.25, 0.3) is 0 Å². The van der Waals surface area contributed by atoms with Gasteiger partial charge in [0, 0.05) is 26.0 Å². The average molecular weight is 237 g/mol. The summed E-state index contributed by atoms with van der Waals surface area (Å²) in [5.74, 6) is -0.799. The van der Waals surface area contributed by atoms with E-state index in [9.17, 15) is 19.7 Å². The van der Waals surface area contributed by atoms with Gasteiger partial charge in [-0.15, -0.1) is 0 Å². The fourth-order valence-corrected chi connectivity index (χ4v) is 1.21. The van der Waals surface area contributed by atoms with Gasteiger partial charge in [0.05, 0.1) is 10.6 Å². The molecule has 0 aliphatic heterocycles. The van der Waals surface area contributed by atoms with Crippen molar-refractivity contribution in [3.05, 3.63) is 34.4 Å². The van der Waals surface area contributed by atoms with E-state index in [2.05, 4.69) is 5.43 Å². The highest BCUT2D eigenvalue weighted by molar-refractivity contribution is 5.94. The summed E-state index contributed by atoms with van der Waals surface area (Å²) in [5, 5.41) is 11.5. The molecule has 0 radical (unpaired) electrons. The van der Waals surface area contributed by atoms with E-state index in [1.807, 2.05) is 0 Å². The van der Waals surface area contributed by atoms with Crippen molar-refractivity contribution in [3.8, 4) is 0 Å². The summed E-state index contributed by atoms with van der Waals surface area (Å²) in [4.78, 5) is 32.1. The van der Waals surface area contributed by atoms with E-state index in [0.717, 1.165) is 5.01 Å². The molecule has 0 heterocycles. The van der Waals surface area contributed by atoms with E-state index in [-0.39, 0.29) is 5.69 Å². The third-order valence-corrected chi connectivity index (χ3v) is 1.90. The van der Waals surface area contributed by atoms with Gasteiger partial charge >= 0.3 is 0 Å². The summed E-state index contributed by atoms with van der Waals surface area (Å²) in [7, 11) is 0. The second-order valence-electron chi connectivity index (χ2n) is 3.30. The maximum absolute atomic E-state index is 11.3. The quantitative estimate of drug-likeness (QED) is 0.613. The molecule has 1 aromatic carbocycles. The van der Waals surface area contributed by atoms with Crippen molar-refractivity contribution in [1.29, 1.82) is 0 Å². The van der Waals surface area contributed by atoms with Gasteiger partial charge in [0.25, 0.3) is 5.69 Å². The molecule has 1 rings (SSSR count). The number of benzene rings is 1. The number of nitrogens with one attached hydrogen (secondary N) is 1. The molecule has 0 aliphatic rings. The minimum absolute atomic E-state index is 0.0833. The highest BCUT2D eigenvalue weighted by atomic mass is 16.6. The largest absolute Gasteiger partial charge is 0.274 e. The molecule has 7 heteroatoms. The Morgan fingerprint density at radius 2 is 1.76 bits per heavy atom. The smallest absolute Gasteiger partial charge is 0.269 e. The van der Waals surface area contributed by atoms with E-state index >= 15 is 0 Å². The lowest BCUT2D eigenvalue weighted by molar-refractivity contribution is -0.384. The maximum atomic E-state index is 11.3. The van der Waals surface area contributed by atoms with Crippen molar-refractivity contribution in [1.82, 2.24) is 5.43 Å². The number of non-ortho nitro benzene ring substituents is 1. The highest BCUT2D eigenvalue weighted by Gasteiger charge is 2.14. The van der Waals surface area contributed by atoms with Crippen molar-refractivity contribution in [2.75, 3.05) is 5.01 Å². The number of hydrazine groups is 1. The van der Waals surface area contributed by atoms with Crippen molar-refractivity contribution in [3.63, 3.8) is 0 Å². The van der Waals surface area contributed by atoms with Crippen LogP contribution < -0.4 is 10.4 Å². The number of nitro benzene ring substituents is 1. The lowest BCUT2D eigenvalue weighted by atomic mass is 10.3. The molecule has 0 unspecified atom stereocenters. The monoisotopic (exact) mass is 237 g/mol. The Balaban J connectivity index is 2.99. The Hall–Kier alpha value is -2.44. The third-order valence-electron chi connectivity index (χ3n) is 1.90. The van der Waals surface area contributed by atoms with Crippen LogP contribution in [0.15, 0.2) is 24.3 Å². The molecule has 7 nitrogen and oxygen atoms in total. The summed E-state index contributed by atoms with van der Waals surface area (Å²) in [6, 6.07) is 5.28. The molecule has 90 valence electrons. The number of carbonyl (C=O) groups excluding carboxylic acids is 2. The molecule has 2 amide bonds. The van der Waals surface area contributed by atoms with Crippen LogP contribution in [0, 0.1) is 10.1 Å². The predicted octanol–water partition coefficient (Wildman–Crippen LogP) is 0.999. The zero-order valence-corrected chi connectivity index (χ0v) is 9.34. The SMILES string of the molecule is CC(=O)NN(C(C)=O)c1ccc([N+](=O)[O-])cc1. The number of hydrogen-bond donors (Lipinski definition) is 1. The van der Waals surface area contributed by atoms with Crippen molar-refractivity contribution >= 4 is 23.2 Å². The molecule has 0 atom stereocenters. The Morgan fingerprint density at radius 3 is 2.12 bits per heavy atom. The minimum atomic E-state index is -0.541. The van der Waals surface area contributed by atoms with Crippen LogP contribution in [0.3, 0.4) is 0 Å². The van der Waals surface area contributed by atoms with Gasteiger partial charge in [-0.25, -0.2) is 5.01 Å². The fourth-order valence-electron chi connectivity index (χ4n) is 1.21. The average Bonchev–Trinajstić information content (AvgIpc) is 2.25. The van der Waals surface area contributed by atoms with E-state index in [4.69, 9.17) is 0 Å². The van der Waals surface area contributed by atoms with Gasteiger partial charge in [-0.1, -0.05) is 0 Å².